The van der Waals surface area contributed by atoms with Crippen LogP contribution in [0.4, 0.5) is 10.8 Å². The third kappa shape index (κ3) is 8.47. The highest BCUT2D eigenvalue weighted by atomic mass is 35.5. The molecule has 33 heavy (non-hydrogen) atoms. The van der Waals surface area contributed by atoms with Gasteiger partial charge in [-0.05, 0) is 43.5 Å². The van der Waals surface area contributed by atoms with Crippen molar-refractivity contribution < 1.29 is 9.59 Å². The average molecular weight is 516 g/mol. The van der Waals surface area contributed by atoms with Gasteiger partial charge < -0.3 is 21.7 Å². The minimum absolute atomic E-state index is 0. The number of carbonyl (C=O) groups is 2. The largest absolute Gasteiger partial charge is 0.370 e. The summed E-state index contributed by atoms with van der Waals surface area (Å²) in [5.74, 6) is -0.112. The Balaban J connectivity index is 0.00000272. The second-order valence-electron chi connectivity index (χ2n) is 7.64. The quantitative estimate of drug-likeness (QED) is 0.270. The first-order valence-corrected chi connectivity index (χ1v) is 11.1. The molecule has 0 bridgehead atoms. The van der Waals surface area contributed by atoms with Crippen LogP contribution in [0.3, 0.4) is 0 Å². The Kier molecular flexibility index (Phi) is 11.6. The van der Waals surface area contributed by atoms with Crippen LogP contribution in [0.15, 0.2) is 24.3 Å². The molecule has 0 radical (unpaired) electrons. The molecule has 3 rings (SSSR count). The maximum Gasteiger partial charge on any atom is 0.224 e. The summed E-state index contributed by atoms with van der Waals surface area (Å²) in [5, 5.41) is 16.2. The molecule has 0 saturated carbocycles. The number of nitrogens with zero attached hydrogens (tertiary/aromatic N) is 2. The van der Waals surface area contributed by atoms with Crippen LogP contribution in [0.1, 0.15) is 29.5 Å². The molecule has 0 unspecified atom stereocenters. The van der Waals surface area contributed by atoms with E-state index in [4.69, 9.17) is 11.1 Å². The Morgan fingerprint density at radius 1 is 1.21 bits per heavy atom. The van der Waals surface area contributed by atoms with Crippen molar-refractivity contribution in [1.29, 1.82) is 5.41 Å². The van der Waals surface area contributed by atoms with E-state index in [1.807, 2.05) is 24.3 Å². The molecule has 2 amide bonds. The molecule has 1 saturated heterocycles. The number of guanidine groups is 1. The molecule has 9 nitrogen and oxygen atoms in total. The second kappa shape index (κ2) is 13.3. The monoisotopic (exact) mass is 515 g/mol. The highest BCUT2D eigenvalue weighted by Crippen LogP contribution is 2.28. The van der Waals surface area contributed by atoms with Crippen LogP contribution in [0.5, 0.6) is 0 Å². The summed E-state index contributed by atoms with van der Waals surface area (Å²) in [6.45, 7) is 3.81. The number of aryl methyl sites for hydroxylation is 2. The standard InChI is InChI=1S/C21H29N7O2S.2ClH/c1-13(29)25-21-27-17(8-5-14-3-6-16(7-4-14)26-20(22)23)18(31-21)12-28-10-9-15(11-28)19(30)24-2;;/h3-4,6-7,15H,5,8-12H2,1-2H3,(H,24,30)(H4,22,23,26)(H,25,27,29);2*1H/t15-;;/m0../s1. The van der Waals surface area contributed by atoms with Crippen molar-refractivity contribution in [2.24, 2.45) is 11.7 Å². The van der Waals surface area contributed by atoms with Crippen molar-refractivity contribution >= 4 is 64.7 Å². The van der Waals surface area contributed by atoms with Crippen molar-refractivity contribution in [2.45, 2.75) is 32.7 Å². The number of nitrogens with one attached hydrogen (secondary N) is 4. The average Bonchev–Trinajstić information content (AvgIpc) is 3.33. The fourth-order valence-electron chi connectivity index (χ4n) is 3.68. The molecule has 2 aromatic rings. The van der Waals surface area contributed by atoms with Gasteiger partial charge in [-0.1, -0.05) is 12.1 Å². The minimum atomic E-state index is -0.138. The Morgan fingerprint density at radius 2 is 1.91 bits per heavy atom. The summed E-state index contributed by atoms with van der Waals surface area (Å²) in [5.41, 5.74) is 8.26. The molecular formula is C21H31Cl2N7O2S. The zero-order valence-electron chi connectivity index (χ0n) is 18.6. The molecule has 1 aliphatic rings. The Morgan fingerprint density at radius 3 is 2.52 bits per heavy atom. The van der Waals surface area contributed by atoms with Crippen molar-refractivity contribution in [3.05, 3.63) is 40.4 Å². The second-order valence-corrected chi connectivity index (χ2v) is 8.72. The maximum absolute atomic E-state index is 11.9. The molecule has 1 aromatic carbocycles. The topological polar surface area (TPSA) is 136 Å². The molecule has 2 heterocycles. The highest BCUT2D eigenvalue weighted by molar-refractivity contribution is 7.15. The molecule has 0 spiro atoms. The molecule has 1 fully saturated rings. The number of hydrogen-bond acceptors (Lipinski definition) is 6. The first-order valence-electron chi connectivity index (χ1n) is 10.2. The van der Waals surface area contributed by atoms with E-state index >= 15 is 0 Å². The van der Waals surface area contributed by atoms with Gasteiger partial charge in [-0.3, -0.25) is 19.9 Å². The van der Waals surface area contributed by atoms with Gasteiger partial charge in [0.25, 0.3) is 0 Å². The van der Waals surface area contributed by atoms with Crippen LogP contribution in [0.25, 0.3) is 0 Å². The first-order chi connectivity index (χ1) is 14.8. The molecule has 182 valence electrons. The Labute approximate surface area is 210 Å². The van der Waals surface area contributed by atoms with Crippen LogP contribution >= 0.6 is 36.2 Å². The number of carbonyl (C=O) groups excluding carboxylic acids is 2. The predicted octanol–water partition coefficient (Wildman–Crippen LogP) is 2.60. The number of nitrogens with two attached hydrogens (primary N) is 1. The summed E-state index contributed by atoms with van der Waals surface area (Å²) in [6, 6.07) is 7.79. The van der Waals surface area contributed by atoms with E-state index in [1.54, 1.807) is 7.05 Å². The molecule has 1 aliphatic heterocycles. The van der Waals surface area contributed by atoms with Gasteiger partial charge in [0, 0.05) is 37.6 Å². The van der Waals surface area contributed by atoms with Crippen molar-refractivity contribution in [2.75, 3.05) is 30.8 Å². The molecule has 0 aliphatic carbocycles. The summed E-state index contributed by atoms with van der Waals surface area (Å²) in [4.78, 5) is 31.5. The first kappa shape index (κ1) is 28.6. The Bertz CT molecular complexity index is 953. The molecule has 1 aromatic heterocycles. The number of halogens is 2. The zero-order valence-corrected chi connectivity index (χ0v) is 21.1. The van der Waals surface area contributed by atoms with E-state index in [2.05, 4.69) is 25.8 Å². The van der Waals surface area contributed by atoms with E-state index in [0.29, 0.717) is 5.13 Å². The Hall–Kier alpha value is -2.40. The zero-order chi connectivity index (χ0) is 22.4. The van der Waals surface area contributed by atoms with Crippen LogP contribution in [0.2, 0.25) is 0 Å². The smallest absolute Gasteiger partial charge is 0.224 e. The number of amides is 2. The van der Waals surface area contributed by atoms with Crippen molar-refractivity contribution in [3.8, 4) is 0 Å². The van der Waals surface area contributed by atoms with Gasteiger partial charge >= 0.3 is 0 Å². The van der Waals surface area contributed by atoms with E-state index < -0.39 is 0 Å². The van der Waals surface area contributed by atoms with E-state index in [9.17, 15) is 9.59 Å². The predicted molar refractivity (Wildman–Crippen MR) is 138 cm³/mol. The number of aromatic nitrogens is 1. The SMILES string of the molecule is CNC(=O)[C@H]1CCN(Cc2sc(NC(C)=O)nc2CCc2ccc(NC(=N)N)cc2)C1.Cl.Cl. The van der Waals surface area contributed by atoms with Gasteiger partial charge in [-0.2, -0.15) is 0 Å². The van der Waals surface area contributed by atoms with Crippen LogP contribution in [0, 0.1) is 11.3 Å². The third-order valence-corrected chi connectivity index (χ3v) is 6.20. The minimum Gasteiger partial charge on any atom is -0.370 e. The van der Waals surface area contributed by atoms with E-state index in [-0.39, 0.29) is 48.5 Å². The molecule has 6 N–H and O–H groups in total. The summed E-state index contributed by atoms with van der Waals surface area (Å²) >= 11 is 1.50. The lowest BCUT2D eigenvalue weighted by Gasteiger charge is -2.15. The lowest BCUT2D eigenvalue weighted by molar-refractivity contribution is -0.124. The number of benzene rings is 1. The van der Waals surface area contributed by atoms with Gasteiger partial charge in [-0.25, -0.2) is 4.98 Å². The number of thiazole rings is 1. The van der Waals surface area contributed by atoms with Gasteiger partial charge in [0.05, 0.1) is 11.6 Å². The number of rotatable bonds is 8. The van der Waals surface area contributed by atoms with Crippen LogP contribution in [-0.4, -0.2) is 47.8 Å². The van der Waals surface area contributed by atoms with E-state index in [1.165, 1.54) is 18.3 Å². The summed E-state index contributed by atoms with van der Waals surface area (Å²) < 4.78 is 0. The number of likely N-dealkylation sites (tertiary alicyclic amines) is 1. The fraction of sp³-hybridized carbons (Fsp3) is 0.429. The van der Waals surface area contributed by atoms with Crippen molar-refractivity contribution in [1.82, 2.24) is 15.2 Å². The van der Waals surface area contributed by atoms with Gasteiger partial charge in [0.15, 0.2) is 11.1 Å². The van der Waals surface area contributed by atoms with Gasteiger partial charge in [0.1, 0.15) is 0 Å². The maximum atomic E-state index is 11.9. The lowest BCUT2D eigenvalue weighted by atomic mass is 10.1. The van der Waals surface area contributed by atoms with Crippen LogP contribution < -0.4 is 21.7 Å². The van der Waals surface area contributed by atoms with Crippen molar-refractivity contribution in [3.63, 3.8) is 0 Å². The third-order valence-electron chi connectivity index (χ3n) is 5.20. The van der Waals surface area contributed by atoms with E-state index in [0.717, 1.165) is 60.7 Å². The number of hydrogen-bond donors (Lipinski definition) is 5. The molecule has 12 heteroatoms. The lowest BCUT2D eigenvalue weighted by Crippen LogP contribution is -2.30. The molecule has 1 atom stereocenters. The van der Waals surface area contributed by atoms with Gasteiger partial charge in [0.2, 0.25) is 11.8 Å². The highest BCUT2D eigenvalue weighted by Gasteiger charge is 2.28. The molecular weight excluding hydrogens is 485 g/mol. The van der Waals surface area contributed by atoms with Crippen LogP contribution in [-0.2, 0) is 29.0 Å². The number of anilines is 2. The fourth-order valence-corrected chi connectivity index (χ4v) is 4.77. The summed E-state index contributed by atoms with van der Waals surface area (Å²) in [6.07, 6.45) is 2.40. The normalized spacial score (nSPS) is 15.2. The summed E-state index contributed by atoms with van der Waals surface area (Å²) in [7, 11) is 1.68. The van der Waals surface area contributed by atoms with Gasteiger partial charge in [-0.15, -0.1) is 36.2 Å².